The molecule has 0 spiro atoms. The molecule has 0 atom stereocenters. The van der Waals surface area contributed by atoms with Crippen LogP contribution in [0.5, 0.6) is 17.2 Å². The Bertz CT molecular complexity index is 784. The molecule has 0 fully saturated rings. The number of hydrogen-bond donors (Lipinski definition) is 0. The molecule has 3 rings (SSSR count). The lowest BCUT2D eigenvalue weighted by molar-refractivity contribution is 0.159. The normalized spacial score (nSPS) is 14.6. The van der Waals surface area contributed by atoms with E-state index in [4.69, 9.17) is 14.2 Å². The van der Waals surface area contributed by atoms with Gasteiger partial charge in [-0.3, -0.25) is 0 Å². The van der Waals surface area contributed by atoms with Gasteiger partial charge in [-0.1, -0.05) is 6.08 Å². The Morgan fingerprint density at radius 3 is 2.36 bits per heavy atom. The molecule has 0 N–H and O–H groups in total. The van der Waals surface area contributed by atoms with Gasteiger partial charge >= 0.3 is 0 Å². The number of hydrogen-bond acceptors (Lipinski definition) is 4. The van der Waals surface area contributed by atoms with Gasteiger partial charge in [0.05, 0.1) is 14.2 Å². The molecule has 0 radical (unpaired) electrons. The Hall–Kier alpha value is -2.07. The predicted octanol–water partition coefficient (Wildman–Crippen LogP) is 5.49. The molecule has 0 saturated heterocycles. The van der Waals surface area contributed by atoms with Crippen LogP contribution in [-0.2, 0) is 5.75 Å². The van der Waals surface area contributed by atoms with Gasteiger partial charge < -0.3 is 14.2 Å². The average Bonchev–Trinajstić information content (AvgIpc) is 2.60. The Balaban J connectivity index is 1.77. The first-order valence-corrected chi connectivity index (χ1v) is 9.27. The summed E-state index contributed by atoms with van der Waals surface area (Å²) in [5, 5.41) is 0. The molecule has 1 aliphatic rings. The number of fused-ring (bicyclic) bond motifs is 1. The first-order valence-electron chi connectivity index (χ1n) is 8.28. The second-order valence-corrected chi connectivity index (χ2v) is 7.70. The summed E-state index contributed by atoms with van der Waals surface area (Å²) in [6.45, 7) is 6.13. The molecule has 0 aromatic heterocycles. The Morgan fingerprint density at radius 1 is 1.04 bits per heavy atom. The van der Waals surface area contributed by atoms with E-state index in [1.165, 1.54) is 10.5 Å². The molecule has 1 aliphatic heterocycles. The summed E-state index contributed by atoms with van der Waals surface area (Å²) in [7, 11) is 3.38. The van der Waals surface area contributed by atoms with Gasteiger partial charge in [-0.05, 0) is 62.7 Å². The maximum atomic E-state index is 5.98. The lowest BCUT2D eigenvalue weighted by atomic mass is 10.0. The van der Waals surface area contributed by atoms with Crippen molar-refractivity contribution in [1.82, 2.24) is 0 Å². The minimum atomic E-state index is -0.239. The van der Waals surface area contributed by atoms with E-state index in [0.717, 1.165) is 34.1 Å². The van der Waals surface area contributed by atoms with Crippen molar-refractivity contribution in [2.24, 2.45) is 0 Å². The van der Waals surface area contributed by atoms with E-state index in [1.54, 1.807) is 26.0 Å². The third-order valence-electron chi connectivity index (χ3n) is 4.24. The van der Waals surface area contributed by atoms with Gasteiger partial charge in [0.1, 0.15) is 22.8 Å². The van der Waals surface area contributed by atoms with E-state index in [0.29, 0.717) is 0 Å². The minimum absolute atomic E-state index is 0.239. The van der Waals surface area contributed by atoms with Gasteiger partial charge in [0.25, 0.3) is 0 Å². The Kier molecular flexibility index (Phi) is 5.00. The van der Waals surface area contributed by atoms with Crippen LogP contribution >= 0.6 is 11.8 Å². The fraction of sp³-hybridized carbons (Fsp3) is 0.333. The van der Waals surface area contributed by atoms with Crippen molar-refractivity contribution in [1.29, 1.82) is 0 Å². The van der Waals surface area contributed by atoms with Crippen molar-refractivity contribution in [2.75, 3.05) is 14.2 Å². The van der Waals surface area contributed by atoms with Crippen molar-refractivity contribution in [2.45, 2.75) is 37.0 Å². The zero-order valence-corrected chi connectivity index (χ0v) is 16.2. The molecule has 2 aromatic carbocycles. The molecule has 0 amide bonds. The molecule has 1 heterocycles. The second-order valence-electron chi connectivity index (χ2n) is 6.65. The van der Waals surface area contributed by atoms with Crippen molar-refractivity contribution in [3.8, 4) is 17.2 Å². The number of rotatable bonds is 5. The molecule has 0 aliphatic carbocycles. The number of benzene rings is 2. The van der Waals surface area contributed by atoms with E-state index in [1.807, 2.05) is 6.92 Å². The summed E-state index contributed by atoms with van der Waals surface area (Å²) in [4.78, 5) is 1.21. The number of thioether (sulfide) groups is 1. The van der Waals surface area contributed by atoms with Gasteiger partial charge in [0.15, 0.2) is 0 Å². The lowest BCUT2D eigenvalue weighted by Crippen LogP contribution is -2.27. The third-order valence-corrected chi connectivity index (χ3v) is 5.30. The molecule has 25 heavy (non-hydrogen) atoms. The van der Waals surface area contributed by atoms with E-state index in [2.05, 4.69) is 56.3 Å². The lowest BCUT2D eigenvalue weighted by Gasteiger charge is -2.28. The van der Waals surface area contributed by atoms with Crippen LogP contribution in [0.3, 0.4) is 0 Å². The largest absolute Gasteiger partial charge is 0.496 e. The highest BCUT2D eigenvalue weighted by molar-refractivity contribution is 7.98. The second kappa shape index (κ2) is 7.04. The molecule has 4 heteroatoms. The van der Waals surface area contributed by atoms with Crippen LogP contribution in [-0.4, -0.2) is 19.8 Å². The molecule has 0 bridgehead atoms. The van der Waals surface area contributed by atoms with Crippen LogP contribution in [0.2, 0.25) is 0 Å². The number of methoxy groups -OCH3 is 2. The maximum absolute atomic E-state index is 5.98. The van der Waals surface area contributed by atoms with E-state index in [-0.39, 0.29) is 5.60 Å². The van der Waals surface area contributed by atoms with Gasteiger partial charge in [-0.15, -0.1) is 11.8 Å². The first-order chi connectivity index (χ1) is 11.9. The monoisotopic (exact) mass is 356 g/mol. The zero-order chi connectivity index (χ0) is 18.0. The molecular weight excluding hydrogens is 332 g/mol. The van der Waals surface area contributed by atoms with E-state index < -0.39 is 0 Å². The van der Waals surface area contributed by atoms with Crippen molar-refractivity contribution in [3.63, 3.8) is 0 Å². The van der Waals surface area contributed by atoms with Crippen LogP contribution < -0.4 is 14.2 Å². The van der Waals surface area contributed by atoms with Gasteiger partial charge in [-0.25, -0.2) is 0 Å². The minimum Gasteiger partial charge on any atom is -0.496 e. The highest BCUT2D eigenvalue weighted by atomic mass is 32.2. The van der Waals surface area contributed by atoms with Gasteiger partial charge in [0, 0.05) is 21.8 Å². The topological polar surface area (TPSA) is 27.7 Å². The number of ether oxygens (including phenoxy) is 3. The SMILES string of the molecule is COc1cc(CSc2ccc3c(c2)C=CC(C)(C)O3)cc(OC)c1C. The highest BCUT2D eigenvalue weighted by Gasteiger charge is 2.21. The smallest absolute Gasteiger partial charge is 0.127 e. The van der Waals surface area contributed by atoms with Gasteiger partial charge in [-0.2, -0.15) is 0 Å². The summed E-state index contributed by atoms with van der Waals surface area (Å²) >= 11 is 1.79. The van der Waals surface area contributed by atoms with Gasteiger partial charge in [0.2, 0.25) is 0 Å². The Morgan fingerprint density at radius 2 is 1.72 bits per heavy atom. The fourth-order valence-corrected chi connectivity index (χ4v) is 3.71. The summed E-state index contributed by atoms with van der Waals surface area (Å²) in [6, 6.07) is 10.5. The van der Waals surface area contributed by atoms with E-state index in [9.17, 15) is 0 Å². The van der Waals surface area contributed by atoms with Crippen LogP contribution in [0.4, 0.5) is 0 Å². The zero-order valence-electron chi connectivity index (χ0n) is 15.4. The van der Waals surface area contributed by atoms with Crippen molar-refractivity contribution < 1.29 is 14.2 Å². The van der Waals surface area contributed by atoms with Crippen LogP contribution in [0.1, 0.15) is 30.5 Å². The Labute approximate surface area is 154 Å². The average molecular weight is 356 g/mol. The molecule has 0 saturated carbocycles. The van der Waals surface area contributed by atoms with Crippen LogP contribution in [0.15, 0.2) is 41.3 Å². The molecule has 2 aromatic rings. The molecule has 3 nitrogen and oxygen atoms in total. The molecular formula is C21H24O3S. The summed E-state index contributed by atoms with van der Waals surface area (Å²) in [6.07, 6.45) is 4.24. The van der Waals surface area contributed by atoms with Crippen molar-refractivity contribution >= 4 is 17.8 Å². The van der Waals surface area contributed by atoms with Crippen molar-refractivity contribution in [3.05, 3.63) is 53.1 Å². The highest BCUT2D eigenvalue weighted by Crippen LogP contribution is 2.36. The summed E-state index contributed by atoms with van der Waals surface area (Å²) < 4.78 is 16.9. The van der Waals surface area contributed by atoms with Crippen LogP contribution in [0, 0.1) is 6.92 Å². The molecule has 0 unspecified atom stereocenters. The van der Waals surface area contributed by atoms with Crippen LogP contribution in [0.25, 0.3) is 6.08 Å². The molecule has 132 valence electrons. The summed E-state index contributed by atoms with van der Waals surface area (Å²) in [5.74, 6) is 3.51. The third kappa shape index (κ3) is 3.96. The maximum Gasteiger partial charge on any atom is 0.127 e. The van der Waals surface area contributed by atoms with E-state index >= 15 is 0 Å². The predicted molar refractivity (Wildman–Crippen MR) is 104 cm³/mol. The first kappa shape index (κ1) is 17.7. The standard InChI is InChI=1S/C21H24O3S/c1-14-19(22-4)10-15(11-20(14)23-5)13-25-17-6-7-18-16(12-17)8-9-21(2,3)24-18/h6-12H,13H2,1-5H3. The summed E-state index contributed by atoms with van der Waals surface area (Å²) in [5.41, 5.74) is 3.09. The quantitative estimate of drug-likeness (QED) is 0.662. The fourth-order valence-electron chi connectivity index (χ4n) is 2.84.